The fourth-order valence-corrected chi connectivity index (χ4v) is 4.46. The molecule has 0 saturated heterocycles. The molecule has 4 rings (SSSR count). The average molecular weight is 523 g/mol. The van der Waals surface area contributed by atoms with E-state index >= 15 is 0 Å². The van der Waals surface area contributed by atoms with Crippen molar-refractivity contribution in [2.45, 2.75) is 70.6 Å². The number of halogens is 3. The molecule has 1 atom stereocenters. The Morgan fingerprint density at radius 3 is 1.84 bits per heavy atom. The lowest BCUT2D eigenvalue weighted by Crippen LogP contribution is -2.60. The first kappa shape index (κ1) is 26.9. The van der Waals surface area contributed by atoms with Crippen molar-refractivity contribution in [3.05, 3.63) is 24.3 Å². The van der Waals surface area contributed by atoms with E-state index in [1.54, 1.807) is 47.9 Å². The van der Waals surface area contributed by atoms with Crippen LogP contribution in [0.3, 0.4) is 0 Å². The van der Waals surface area contributed by atoms with Gasteiger partial charge >= 0.3 is 6.18 Å². The number of amides is 4. The second-order valence-corrected chi connectivity index (χ2v) is 10.6. The number of rotatable bonds is 10. The zero-order valence-corrected chi connectivity index (χ0v) is 21.0. The predicted molar refractivity (Wildman–Crippen MR) is 131 cm³/mol. The van der Waals surface area contributed by atoms with Gasteiger partial charge in [0.05, 0.1) is 17.8 Å². The number of carbonyl (C=O) groups is 4. The monoisotopic (exact) mass is 522 g/mol. The molecule has 0 radical (unpaired) electrons. The molecule has 1 heterocycles. The molecule has 2 fully saturated rings. The van der Waals surface area contributed by atoms with Crippen molar-refractivity contribution in [3.63, 3.8) is 0 Å². The molecule has 1 aromatic rings. The molecule has 4 amide bonds. The highest BCUT2D eigenvalue weighted by molar-refractivity contribution is 6.21. The van der Waals surface area contributed by atoms with Gasteiger partial charge in [0.1, 0.15) is 6.04 Å². The highest BCUT2D eigenvalue weighted by atomic mass is 19.4. The number of para-hydroxylation sites is 2. The Balaban J connectivity index is 1.57. The van der Waals surface area contributed by atoms with Gasteiger partial charge in [-0.05, 0) is 55.6 Å². The van der Waals surface area contributed by atoms with Gasteiger partial charge in [0.25, 0.3) is 11.8 Å². The highest BCUT2D eigenvalue weighted by Gasteiger charge is 2.44. The third-order valence-corrected chi connectivity index (χ3v) is 6.95. The maximum absolute atomic E-state index is 13.7. The summed E-state index contributed by atoms with van der Waals surface area (Å²) in [6, 6.07) is 4.48. The van der Waals surface area contributed by atoms with Gasteiger partial charge < -0.3 is 20.4 Å². The van der Waals surface area contributed by atoms with E-state index in [0.29, 0.717) is 36.3 Å². The second-order valence-electron chi connectivity index (χ2n) is 10.6. The molecule has 0 unspecified atom stereocenters. The average Bonchev–Trinajstić information content (AvgIpc) is 3.75. The summed E-state index contributed by atoms with van der Waals surface area (Å²) in [5.41, 5.74) is 1.23. The number of fused-ring (bicyclic) bond motifs is 1. The summed E-state index contributed by atoms with van der Waals surface area (Å²) in [5.74, 6) is -2.69. The Hall–Kier alpha value is -3.11. The minimum absolute atomic E-state index is 0.315. The first-order valence-corrected chi connectivity index (χ1v) is 12.8. The van der Waals surface area contributed by atoms with Crippen LogP contribution in [0.25, 0.3) is 0 Å². The molecule has 0 bridgehead atoms. The van der Waals surface area contributed by atoms with Crippen molar-refractivity contribution in [1.82, 2.24) is 10.6 Å². The first-order chi connectivity index (χ1) is 17.4. The predicted octanol–water partition coefficient (Wildman–Crippen LogP) is 3.15. The molecule has 1 aromatic carbocycles. The van der Waals surface area contributed by atoms with Crippen LogP contribution >= 0.6 is 0 Å². The molecule has 1 aliphatic heterocycles. The van der Waals surface area contributed by atoms with Crippen LogP contribution in [0, 0.1) is 17.8 Å². The van der Waals surface area contributed by atoms with E-state index in [2.05, 4.69) is 10.6 Å². The van der Waals surface area contributed by atoms with Crippen LogP contribution < -0.4 is 20.4 Å². The molecule has 0 aromatic heterocycles. The van der Waals surface area contributed by atoms with Gasteiger partial charge in [-0.15, -0.1) is 0 Å². The van der Waals surface area contributed by atoms with Crippen molar-refractivity contribution in [2.75, 3.05) is 22.9 Å². The summed E-state index contributed by atoms with van der Waals surface area (Å²) in [6.07, 6.45) is -2.73. The van der Waals surface area contributed by atoms with E-state index in [-0.39, 0.29) is 0 Å². The van der Waals surface area contributed by atoms with Gasteiger partial charge in [0, 0.05) is 19.5 Å². The van der Waals surface area contributed by atoms with Crippen molar-refractivity contribution >= 4 is 35.0 Å². The summed E-state index contributed by atoms with van der Waals surface area (Å²) < 4.78 is 37.6. The topological polar surface area (TPSA) is 98.8 Å². The molecule has 37 heavy (non-hydrogen) atoms. The maximum atomic E-state index is 13.7. The third kappa shape index (κ3) is 6.81. The first-order valence-electron chi connectivity index (χ1n) is 12.8. The van der Waals surface area contributed by atoms with Gasteiger partial charge in [-0.3, -0.25) is 19.2 Å². The van der Waals surface area contributed by atoms with Crippen molar-refractivity contribution in [1.29, 1.82) is 0 Å². The Morgan fingerprint density at radius 1 is 0.946 bits per heavy atom. The number of hydrogen-bond donors (Lipinski definition) is 2. The van der Waals surface area contributed by atoms with E-state index in [9.17, 15) is 32.3 Å². The van der Waals surface area contributed by atoms with E-state index in [0.717, 1.165) is 25.7 Å². The SMILES string of the molecule is CC(C)[C@H](NC(=O)CCC(F)(F)F)C(=O)NC1C(=O)N(CC2CC2)c2ccccc2N(CC2CC2)C1=O. The molecule has 2 saturated carbocycles. The van der Waals surface area contributed by atoms with Crippen LogP contribution in [-0.4, -0.2) is 55.0 Å². The lowest BCUT2D eigenvalue weighted by molar-refractivity contribution is -0.145. The maximum Gasteiger partial charge on any atom is 0.389 e. The quantitative estimate of drug-likeness (QED) is 0.462. The largest absolute Gasteiger partial charge is 0.389 e. The second kappa shape index (κ2) is 10.7. The lowest BCUT2D eigenvalue weighted by Gasteiger charge is -2.27. The molecule has 8 nitrogen and oxygen atoms in total. The van der Waals surface area contributed by atoms with Gasteiger partial charge in [-0.1, -0.05) is 26.0 Å². The Morgan fingerprint density at radius 2 is 1.43 bits per heavy atom. The molecule has 0 spiro atoms. The fraction of sp³-hybridized carbons (Fsp3) is 0.615. The van der Waals surface area contributed by atoms with Crippen LogP contribution in [-0.2, 0) is 19.2 Å². The van der Waals surface area contributed by atoms with Crippen LogP contribution in [0.4, 0.5) is 24.5 Å². The smallest absolute Gasteiger partial charge is 0.344 e. The summed E-state index contributed by atoms with van der Waals surface area (Å²) in [7, 11) is 0. The van der Waals surface area contributed by atoms with Crippen molar-refractivity contribution in [3.8, 4) is 0 Å². The van der Waals surface area contributed by atoms with Gasteiger partial charge in [-0.2, -0.15) is 13.2 Å². The molecule has 202 valence electrons. The van der Waals surface area contributed by atoms with E-state index in [1.807, 2.05) is 0 Å². The zero-order valence-electron chi connectivity index (χ0n) is 21.0. The number of carbonyl (C=O) groups excluding carboxylic acids is 4. The molecular formula is C26H33F3N4O4. The van der Waals surface area contributed by atoms with Gasteiger partial charge in [0.2, 0.25) is 11.8 Å². The summed E-state index contributed by atoms with van der Waals surface area (Å²) in [5, 5.41) is 4.89. The summed E-state index contributed by atoms with van der Waals surface area (Å²) in [4.78, 5) is 56.0. The van der Waals surface area contributed by atoms with Crippen molar-refractivity contribution in [2.24, 2.45) is 17.8 Å². The number of alkyl halides is 3. The fourth-order valence-electron chi connectivity index (χ4n) is 4.46. The van der Waals surface area contributed by atoms with Gasteiger partial charge in [0.15, 0.2) is 6.04 Å². The van der Waals surface area contributed by atoms with Crippen LogP contribution in [0.2, 0.25) is 0 Å². The minimum Gasteiger partial charge on any atom is -0.344 e. The van der Waals surface area contributed by atoms with Crippen LogP contribution in [0.5, 0.6) is 0 Å². The highest BCUT2D eigenvalue weighted by Crippen LogP contribution is 2.40. The molecular weight excluding hydrogens is 489 g/mol. The number of benzene rings is 1. The van der Waals surface area contributed by atoms with Crippen LogP contribution in [0.1, 0.15) is 52.4 Å². The van der Waals surface area contributed by atoms with Crippen molar-refractivity contribution < 1.29 is 32.3 Å². The molecule has 3 aliphatic rings. The zero-order chi connectivity index (χ0) is 26.9. The number of nitrogens with zero attached hydrogens (tertiary/aromatic N) is 2. The van der Waals surface area contributed by atoms with Gasteiger partial charge in [-0.25, -0.2) is 0 Å². The normalized spacial score (nSPS) is 19.5. The molecule has 11 heteroatoms. The molecule has 2 N–H and O–H groups in total. The summed E-state index contributed by atoms with van der Waals surface area (Å²) >= 11 is 0. The standard InChI is InChI=1S/C26H33F3N4O4/c1-15(2)21(30-20(34)11-12-26(27,28)29)23(35)31-22-24(36)32(13-16-7-8-16)18-5-3-4-6-19(18)33(25(22)37)14-17-9-10-17/h3-6,15-17,21-22H,7-14H2,1-2H3,(H,30,34)(H,31,35)/t21-/m0/s1. The van der Waals surface area contributed by atoms with E-state index < -0.39 is 60.6 Å². The van der Waals surface area contributed by atoms with E-state index in [4.69, 9.17) is 0 Å². The Kier molecular flexibility index (Phi) is 7.80. The van der Waals surface area contributed by atoms with Crippen LogP contribution in [0.15, 0.2) is 24.3 Å². The minimum atomic E-state index is -4.50. The lowest BCUT2D eigenvalue weighted by atomic mass is 10.0. The molecule has 2 aliphatic carbocycles. The number of hydrogen-bond acceptors (Lipinski definition) is 4. The number of nitrogens with one attached hydrogen (secondary N) is 2. The number of anilines is 2. The Labute approximate surface area is 213 Å². The summed E-state index contributed by atoms with van der Waals surface area (Å²) in [6.45, 7) is 4.10. The third-order valence-electron chi connectivity index (χ3n) is 6.95. The van der Waals surface area contributed by atoms with E-state index in [1.165, 1.54) is 0 Å². The Bertz CT molecular complexity index is 1000.